The zero-order chi connectivity index (χ0) is 31.8. The summed E-state index contributed by atoms with van der Waals surface area (Å²) < 4.78 is 0. The predicted molar refractivity (Wildman–Crippen MR) is 166 cm³/mol. The van der Waals surface area contributed by atoms with Gasteiger partial charge in [0.2, 0.25) is 0 Å². The van der Waals surface area contributed by atoms with Gasteiger partial charge in [0.1, 0.15) is 18.9 Å². The fourth-order valence-electron chi connectivity index (χ4n) is 2.61. The molecule has 0 amide bonds. The van der Waals surface area contributed by atoms with Crippen molar-refractivity contribution in [2.75, 3.05) is 60.5 Å². The molecule has 5 atom stereocenters. The predicted octanol–water partition coefficient (Wildman–Crippen LogP) is -2.52. The minimum atomic E-state index is -0.385. The first-order valence-corrected chi connectivity index (χ1v) is 13.9. The number of aliphatic hydroxyl groups is 1. The van der Waals surface area contributed by atoms with Crippen LogP contribution < -0.4 is 45.0 Å². The Hall–Kier alpha value is -2.04. The molecule has 0 heterocycles. The Bertz CT molecular complexity index is 580. The second kappa shape index (κ2) is 35.0. The van der Waals surface area contributed by atoms with Crippen LogP contribution in [0.25, 0.3) is 0 Å². The minimum Gasteiger partial charge on any atom is -0.395 e. The molecule has 15 N–H and O–H groups in total. The van der Waals surface area contributed by atoms with Crippen LogP contribution in [0.15, 0.2) is 4.99 Å². The van der Waals surface area contributed by atoms with Crippen LogP contribution >= 0.6 is 0 Å². The minimum absolute atomic E-state index is 0.0738. The highest BCUT2D eigenvalue weighted by Gasteiger charge is 2.07. The normalized spacial score (nSPS) is 13.9. The van der Waals surface area contributed by atoms with Crippen molar-refractivity contribution in [3.8, 4) is 0 Å². The molecule has 0 saturated carbocycles. The fourth-order valence-corrected chi connectivity index (χ4v) is 2.61. The van der Waals surface area contributed by atoms with Gasteiger partial charge in [-0.25, -0.2) is 0 Å². The maximum absolute atomic E-state index is 10.0. The number of nitrogens with one attached hydrogen (secondary N) is 2. The highest BCUT2D eigenvalue weighted by atomic mass is 16.3. The van der Waals surface area contributed by atoms with Crippen LogP contribution in [0.5, 0.6) is 0 Å². The van der Waals surface area contributed by atoms with Crippen molar-refractivity contribution in [2.24, 2.45) is 45.3 Å². The van der Waals surface area contributed by atoms with Gasteiger partial charge in [-0.05, 0) is 59.3 Å². The van der Waals surface area contributed by atoms with Gasteiger partial charge in [0.15, 0.2) is 5.96 Å². The molecular weight excluding hydrogens is 516 g/mol. The summed E-state index contributed by atoms with van der Waals surface area (Å²) in [5.74, 6) is 0.400. The van der Waals surface area contributed by atoms with Gasteiger partial charge in [0.25, 0.3) is 0 Å². The van der Waals surface area contributed by atoms with E-state index in [-0.39, 0.29) is 36.7 Å². The van der Waals surface area contributed by atoms with Gasteiger partial charge in [0.05, 0.1) is 24.7 Å². The van der Waals surface area contributed by atoms with E-state index in [1.54, 1.807) is 0 Å². The lowest BCUT2D eigenvalue weighted by Crippen LogP contribution is -2.41. The van der Waals surface area contributed by atoms with E-state index in [4.69, 9.17) is 39.5 Å². The number of nitrogens with two attached hydrogens (primary N) is 6. The molecule has 14 heteroatoms. The molecule has 0 aliphatic rings. The molecule has 0 bridgehead atoms. The van der Waals surface area contributed by atoms with Gasteiger partial charge in [-0.1, -0.05) is 26.7 Å². The summed E-state index contributed by atoms with van der Waals surface area (Å²) >= 11 is 0. The van der Waals surface area contributed by atoms with Crippen LogP contribution in [0.1, 0.15) is 52.4 Å². The quantitative estimate of drug-likeness (QED) is 0.0313. The van der Waals surface area contributed by atoms with E-state index in [1.165, 1.54) is 0 Å². The molecule has 0 aromatic rings. The zero-order valence-electron chi connectivity index (χ0n) is 25.6. The van der Waals surface area contributed by atoms with Crippen molar-refractivity contribution in [1.82, 2.24) is 15.5 Å². The summed E-state index contributed by atoms with van der Waals surface area (Å²) in [6.45, 7) is 8.28. The summed E-state index contributed by atoms with van der Waals surface area (Å²) in [6, 6.07) is -0.743. The number of guanidine groups is 1. The molecule has 0 fully saturated rings. The third-order valence-electron chi connectivity index (χ3n) is 5.69. The zero-order valence-corrected chi connectivity index (χ0v) is 25.6. The number of hydrogen-bond donors (Lipinski definition) is 9. The van der Waals surface area contributed by atoms with E-state index in [2.05, 4.69) is 27.6 Å². The van der Waals surface area contributed by atoms with Crippen LogP contribution in [-0.2, 0) is 14.4 Å². The van der Waals surface area contributed by atoms with Crippen LogP contribution in [0, 0.1) is 5.92 Å². The number of likely N-dealkylation sites (N-methyl/N-ethyl adjacent to an activating group) is 3. The third-order valence-corrected chi connectivity index (χ3v) is 5.69. The Morgan fingerprint density at radius 1 is 0.975 bits per heavy atom. The van der Waals surface area contributed by atoms with E-state index in [1.807, 2.05) is 27.9 Å². The van der Waals surface area contributed by atoms with Gasteiger partial charge in [-0.3, -0.25) is 4.99 Å². The molecule has 0 saturated heterocycles. The number of carbonyl (C=O) groups is 3. The average molecular weight is 579 g/mol. The van der Waals surface area contributed by atoms with Crippen LogP contribution in [0.3, 0.4) is 0 Å². The van der Waals surface area contributed by atoms with Gasteiger partial charge < -0.3 is 69.4 Å². The molecule has 0 spiro atoms. The lowest BCUT2D eigenvalue weighted by atomic mass is 10.0. The Labute approximate surface area is 242 Å². The first kappa shape index (κ1) is 45.0. The number of nitrogens with zero attached hydrogens (tertiary/aromatic N) is 2. The smallest absolute Gasteiger partial charge is 0.185 e. The van der Waals surface area contributed by atoms with Gasteiger partial charge >= 0.3 is 0 Å². The molecular formula is C26H62N10O4. The molecule has 40 heavy (non-hydrogen) atoms. The summed E-state index contributed by atoms with van der Waals surface area (Å²) in [6.07, 6.45) is 7.30. The SMILES string of the molecule is CC[C@@H](C)[C@@H](N)C=O.CNCCN(C)CC(CO)NC.NC(N)=NCCC[C@@H](N)C=O.NCCCC[C@@H](N)C=O. The van der Waals surface area contributed by atoms with Crippen molar-refractivity contribution in [1.29, 1.82) is 0 Å². The number of rotatable bonds is 20. The standard InChI is InChI=1S/C8H21N3O.C6H14N4O.C6H14N2O.C6H13NO/c1-9-4-5-11(3)6-8(7-12)10-2;7-5(4-11)2-1-3-10-6(8)9;7-4-2-1-3-6(8)5-9;1-3-5(2)6(7)4-8/h8-10,12H,4-7H2,1-3H3;4-5H,1-3,7H2,(H4,8,9,10);5-6H,1-4,7-8H2;4-6H,3,7H2,1-2H3/t;5-;6-;5-,6+/m.111/s1. The lowest BCUT2D eigenvalue weighted by molar-refractivity contribution is -0.110. The van der Waals surface area contributed by atoms with Crippen molar-refractivity contribution >= 4 is 24.8 Å². The van der Waals surface area contributed by atoms with E-state index < -0.39 is 0 Å². The summed E-state index contributed by atoms with van der Waals surface area (Å²) in [5.41, 5.74) is 31.3. The number of unbranched alkanes of at least 4 members (excludes halogenated alkanes) is 1. The highest BCUT2D eigenvalue weighted by molar-refractivity contribution is 5.75. The monoisotopic (exact) mass is 578 g/mol. The first-order chi connectivity index (χ1) is 18.9. The van der Waals surface area contributed by atoms with Crippen LogP contribution in [0.4, 0.5) is 0 Å². The number of aliphatic imine (C=N–C) groups is 1. The van der Waals surface area contributed by atoms with Gasteiger partial charge in [0, 0.05) is 32.2 Å². The Morgan fingerprint density at radius 3 is 1.88 bits per heavy atom. The van der Waals surface area contributed by atoms with Gasteiger partial charge in [-0.15, -0.1) is 0 Å². The van der Waals surface area contributed by atoms with Crippen molar-refractivity contribution in [3.05, 3.63) is 0 Å². The van der Waals surface area contributed by atoms with Crippen molar-refractivity contribution in [3.63, 3.8) is 0 Å². The molecule has 0 aliphatic carbocycles. The Kier molecular flexibility index (Phi) is 39.3. The molecule has 0 aliphatic heterocycles. The fraction of sp³-hybridized carbons (Fsp3) is 0.846. The van der Waals surface area contributed by atoms with Crippen LogP contribution in [0.2, 0.25) is 0 Å². The molecule has 240 valence electrons. The topological polar surface area (TPSA) is 267 Å². The summed E-state index contributed by atoms with van der Waals surface area (Å²) in [7, 11) is 5.86. The van der Waals surface area contributed by atoms with E-state index >= 15 is 0 Å². The maximum atomic E-state index is 10.0. The molecule has 0 rings (SSSR count). The Morgan fingerprint density at radius 2 is 1.52 bits per heavy atom. The second-order valence-corrected chi connectivity index (χ2v) is 9.47. The second-order valence-electron chi connectivity index (χ2n) is 9.47. The van der Waals surface area contributed by atoms with Crippen LogP contribution in [-0.4, -0.2) is 119 Å². The molecule has 0 aromatic heterocycles. The van der Waals surface area contributed by atoms with E-state index in [9.17, 15) is 14.4 Å². The lowest BCUT2D eigenvalue weighted by Gasteiger charge is -2.21. The number of carbonyl (C=O) groups excluding carboxylic acids is 3. The molecule has 14 nitrogen and oxygen atoms in total. The summed E-state index contributed by atoms with van der Waals surface area (Å²) in [4.78, 5) is 35.9. The summed E-state index contributed by atoms with van der Waals surface area (Å²) in [5, 5.41) is 15.0. The number of aliphatic hydroxyl groups excluding tert-OH is 1. The average Bonchev–Trinajstić information content (AvgIpc) is 2.96. The van der Waals surface area contributed by atoms with E-state index in [0.717, 1.165) is 70.6 Å². The number of aldehydes is 3. The molecule has 1 unspecified atom stereocenters. The first-order valence-electron chi connectivity index (χ1n) is 13.9. The molecule has 0 radical (unpaired) electrons. The Balaban J connectivity index is -0.000000219. The maximum Gasteiger partial charge on any atom is 0.185 e. The van der Waals surface area contributed by atoms with Crippen molar-refractivity contribution in [2.45, 2.75) is 76.5 Å². The number of hydrogen-bond acceptors (Lipinski definition) is 12. The van der Waals surface area contributed by atoms with Gasteiger partial charge in [-0.2, -0.15) is 0 Å². The highest BCUT2D eigenvalue weighted by Crippen LogP contribution is 2.01. The van der Waals surface area contributed by atoms with Crippen molar-refractivity contribution < 1.29 is 19.5 Å². The largest absolute Gasteiger partial charge is 0.395 e. The van der Waals surface area contributed by atoms with E-state index in [0.29, 0.717) is 25.4 Å². The molecule has 0 aromatic carbocycles. The third kappa shape index (κ3) is 38.1.